The molecule has 0 saturated carbocycles. The standard InChI is InChI=1S/C16H11NO3/c18-15-10-4-9-14(17(19)20)16(15)13-8-3-6-11-5-1-2-7-12(11)13/h1-10,18H. The molecule has 0 bridgehead atoms. The van der Waals surface area contributed by atoms with E-state index in [0.29, 0.717) is 5.56 Å². The molecule has 0 fully saturated rings. The first kappa shape index (κ1) is 12.2. The monoisotopic (exact) mass is 265 g/mol. The molecule has 0 atom stereocenters. The lowest BCUT2D eigenvalue weighted by Gasteiger charge is -2.09. The van der Waals surface area contributed by atoms with Crippen molar-refractivity contribution in [2.75, 3.05) is 0 Å². The Morgan fingerprint density at radius 3 is 2.40 bits per heavy atom. The maximum absolute atomic E-state index is 11.2. The van der Waals surface area contributed by atoms with Crippen LogP contribution in [0.2, 0.25) is 0 Å². The van der Waals surface area contributed by atoms with Crippen molar-refractivity contribution in [3.8, 4) is 16.9 Å². The maximum atomic E-state index is 11.2. The lowest BCUT2D eigenvalue weighted by atomic mass is 9.96. The molecule has 0 aromatic heterocycles. The third-order valence-electron chi connectivity index (χ3n) is 3.28. The highest BCUT2D eigenvalue weighted by molar-refractivity contribution is 6.00. The van der Waals surface area contributed by atoms with Gasteiger partial charge in [0.05, 0.1) is 4.92 Å². The Kier molecular flexibility index (Phi) is 2.84. The molecule has 0 saturated heterocycles. The van der Waals surface area contributed by atoms with Crippen LogP contribution in [0.5, 0.6) is 5.75 Å². The predicted octanol–water partition coefficient (Wildman–Crippen LogP) is 4.12. The fourth-order valence-corrected chi connectivity index (χ4v) is 2.40. The van der Waals surface area contributed by atoms with Crippen LogP contribution in [-0.4, -0.2) is 10.0 Å². The third-order valence-corrected chi connectivity index (χ3v) is 3.28. The van der Waals surface area contributed by atoms with Gasteiger partial charge < -0.3 is 5.11 Å². The summed E-state index contributed by atoms with van der Waals surface area (Å²) in [4.78, 5) is 10.7. The number of hydrogen-bond donors (Lipinski definition) is 1. The Bertz CT molecular complexity index is 806. The summed E-state index contributed by atoms with van der Waals surface area (Å²) >= 11 is 0. The smallest absolute Gasteiger partial charge is 0.280 e. The van der Waals surface area contributed by atoms with E-state index in [1.54, 1.807) is 6.07 Å². The molecule has 0 aliphatic carbocycles. The molecular formula is C16H11NO3. The summed E-state index contributed by atoms with van der Waals surface area (Å²) < 4.78 is 0. The molecule has 0 heterocycles. The highest BCUT2D eigenvalue weighted by atomic mass is 16.6. The SMILES string of the molecule is O=[N+]([O-])c1cccc(O)c1-c1cccc2ccccc12. The van der Waals surface area contributed by atoms with Crippen LogP contribution in [-0.2, 0) is 0 Å². The molecule has 0 aliphatic heterocycles. The summed E-state index contributed by atoms with van der Waals surface area (Å²) in [7, 11) is 0. The number of aromatic hydroxyl groups is 1. The summed E-state index contributed by atoms with van der Waals surface area (Å²) in [6.07, 6.45) is 0. The fraction of sp³-hybridized carbons (Fsp3) is 0. The highest BCUT2D eigenvalue weighted by Crippen LogP contribution is 2.40. The molecule has 4 nitrogen and oxygen atoms in total. The van der Waals surface area contributed by atoms with Crippen LogP contribution < -0.4 is 0 Å². The number of fused-ring (bicyclic) bond motifs is 1. The number of nitrogens with zero attached hydrogens (tertiary/aromatic N) is 1. The van der Waals surface area contributed by atoms with Gasteiger partial charge in [-0.25, -0.2) is 0 Å². The number of hydrogen-bond acceptors (Lipinski definition) is 3. The molecule has 1 N–H and O–H groups in total. The number of rotatable bonds is 2. The van der Waals surface area contributed by atoms with Crippen LogP contribution in [0.3, 0.4) is 0 Å². The minimum absolute atomic E-state index is 0.0875. The summed E-state index contributed by atoms with van der Waals surface area (Å²) in [6.45, 7) is 0. The van der Waals surface area contributed by atoms with Gasteiger partial charge in [0.1, 0.15) is 11.3 Å². The van der Waals surface area contributed by atoms with Crippen molar-refractivity contribution < 1.29 is 10.0 Å². The van der Waals surface area contributed by atoms with Crippen molar-refractivity contribution in [3.05, 3.63) is 70.8 Å². The Balaban J connectivity index is 2.40. The van der Waals surface area contributed by atoms with E-state index in [2.05, 4.69) is 0 Å². The van der Waals surface area contributed by atoms with E-state index in [0.717, 1.165) is 10.8 Å². The summed E-state index contributed by atoms with van der Waals surface area (Å²) in [5, 5.41) is 23.1. The first-order chi connectivity index (χ1) is 9.68. The van der Waals surface area contributed by atoms with Gasteiger partial charge in [-0.15, -0.1) is 0 Å². The average molecular weight is 265 g/mol. The number of benzene rings is 3. The highest BCUT2D eigenvalue weighted by Gasteiger charge is 2.20. The topological polar surface area (TPSA) is 63.4 Å². The van der Waals surface area contributed by atoms with E-state index in [9.17, 15) is 15.2 Å². The van der Waals surface area contributed by atoms with Gasteiger partial charge in [0.25, 0.3) is 5.69 Å². The zero-order chi connectivity index (χ0) is 14.1. The normalized spacial score (nSPS) is 10.6. The molecule has 0 aliphatic rings. The van der Waals surface area contributed by atoms with E-state index in [1.165, 1.54) is 18.2 Å². The quantitative estimate of drug-likeness (QED) is 0.560. The summed E-state index contributed by atoms with van der Waals surface area (Å²) in [5.74, 6) is -0.0875. The van der Waals surface area contributed by atoms with E-state index in [1.807, 2.05) is 36.4 Å². The largest absolute Gasteiger partial charge is 0.507 e. The molecule has 3 rings (SSSR count). The van der Waals surface area contributed by atoms with E-state index in [4.69, 9.17) is 0 Å². The van der Waals surface area contributed by atoms with E-state index >= 15 is 0 Å². The number of phenolic OH excluding ortho intramolecular Hbond substituents is 1. The lowest BCUT2D eigenvalue weighted by Crippen LogP contribution is -1.93. The van der Waals surface area contributed by atoms with Gasteiger partial charge in [-0.3, -0.25) is 10.1 Å². The summed E-state index contributed by atoms with van der Waals surface area (Å²) in [6, 6.07) is 17.5. The molecular weight excluding hydrogens is 254 g/mol. The van der Waals surface area contributed by atoms with Crippen molar-refractivity contribution in [2.24, 2.45) is 0 Å². The third kappa shape index (κ3) is 1.87. The van der Waals surface area contributed by atoms with Crippen molar-refractivity contribution in [1.82, 2.24) is 0 Å². The van der Waals surface area contributed by atoms with Gasteiger partial charge in [-0.2, -0.15) is 0 Å². The molecule has 0 unspecified atom stereocenters. The van der Waals surface area contributed by atoms with Crippen LogP contribution in [0, 0.1) is 10.1 Å². The van der Waals surface area contributed by atoms with Crippen LogP contribution >= 0.6 is 0 Å². The number of nitro groups is 1. The van der Waals surface area contributed by atoms with Gasteiger partial charge in [-0.05, 0) is 16.8 Å². The predicted molar refractivity (Wildman–Crippen MR) is 77.7 cm³/mol. The van der Waals surface area contributed by atoms with Gasteiger partial charge in [-0.1, -0.05) is 48.5 Å². The zero-order valence-corrected chi connectivity index (χ0v) is 10.5. The molecule has 3 aromatic carbocycles. The van der Waals surface area contributed by atoms with E-state index in [-0.39, 0.29) is 17.0 Å². The zero-order valence-electron chi connectivity index (χ0n) is 10.5. The lowest BCUT2D eigenvalue weighted by molar-refractivity contribution is -0.384. The molecule has 4 heteroatoms. The molecule has 98 valence electrons. The molecule has 0 amide bonds. The Labute approximate surface area is 115 Å². The van der Waals surface area contributed by atoms with Gasteiger partial charge in [0.2, 0.25) is 0 Å². The van der Waals surface area contributed by atoms with Crippen LogP contribution in [0.4, 0.5) is 5.69 Å². The fourth-order valence-electron chi connectivity index (χ4n) is 2.40. The second kappa shape index (κ2) is 4.66. The van der Waals surface area contributed by atoms with Crippen molar-refractivity contribution in [1.29, 1.82) is 0 Å². The van der Waals surface area contributed by atoms with Gasteiger partial charge in [0.15, 0.2) is 0 Å². The Morgan fingerprint density at radius 2 is 1.60 bits per heavy atom. The maximum Gasteiger partial charge on any atom is 0.280 e. The molecule has 0 radical (unpaired) electrons. The van der Waals surface area contributed by atoms with Crippen molar-refractivity contribution in [3.63, 3.8) is 0 Å². The van der Waals surface area contributed by atoms with Crippen LogP contribution in [0.15, 0.2) is 60.7 Å². The minimum atomic E-state index is -0.475. The minimum Gasteiger partial charge on any atom is -0.507 e. The second-order valence-electron chi connectivity index (χ2n) is 4.46. The van der Waals surface area contributed by atoms with Crippen LogP contribution in [0.25, 0.3) is 21.9 Å². The molecule has 20 heavy (non-hydrogen) atoms. The molecule has 0 spiro atoms. The number of nitro benzene ring substituents is 1. The average Bonchev–Trinajstić information content (AvgIpc) is 2.46. The molecule has 3 aromatic rings. The van der Waals surface area contributed by atoms with Crippen molar-refractivity contribution in [2.45, 2.75) is 0 Å². The van der Waals surface area contributed by atoms with Crippen molar-refractivity contribution >= 4 is 16.5 Å². The Morgan fingerprint density at radius 1 is 0.900 bits per heavy atom. The van der Waals surface area contributed by atoms with E-state index < -0.39 is 4.92 Å². The first-order valence-electron chi connectivity index (χ1n) is 6.13. The second-order valence-corrected chi connectivity index (χ2v) is 4.46. The summed E-state index contributed by atoms with van der Waals surface area (Å²) in [5.41, 5.74) is 0.823. The van der Waals surface area contributed by atoms with Gasteiger partial charge >= 0.3 is 0 Å². The van der Waals surface area contributed by atoms with Gasteiger partial charge in [0, 0.05) is 11.6 Å². The first-order valence-corrected chi connectivity index (χ1v) is 6.13. The number of phenols is 1. The van der Waals surface area contributed by atoms with Crippen LogP contribution in [0.1, 0.15) is 0 Å². The Hall–Kier alpha value is -2.88.